The fourth-order valence-electron chi connectivity index (χ4n) is 0.304. The largest absolute Gasteiger partial charge is 0.440 e. The highest BCUT2D eigenvalue weighted by atomic mass is 16.6. The van der Waals surface area contributed by atoms with E-state index in [0.717, 1.165) is 0 Å². The summed E-state index contributed by atoms with van der Waals surface area (Å²) in [6.07, 6.45) is 0. The van der Waals surface area contributed by atoms with Crippen molar-refractivity contribution in [2.75, 3.05) is 0 Å². The SMILES string of the molecule is C=C(N)C(=O)OC(C)(C)N. The Morgan fingerprint density at radius 2 is 2.00 bits per heavy atom. The van der Waals surface area contributed by atoms with Crippen LogP contribution in [-0.4, -0.2) is 11.7 Å². The first kappa shape index (κ1) is 8.97. The average molecular weight is 144 g/mol. The number of carbonyl (C=O) groups excluding carboxylic acids is 1. The van der Waals surface area contributed by atoms with Crippen LogP contribution in [0.5, 0.6) is 0 Å². The van der Waals surface area contributed by atoms with Crippen LogP contribution in [0.25, 0.3) is 0 Å². The van der Waals surface area contributed by atoms with Gasteiger partial charge in [-0.05, 0) is 13.8 Å². The molecule has 4 nitrogen and oxygen atoms in total. The van der Waals surface area contributed by atoms with E-state index in [4.69, 9.17) is 11.5 Å². The van der Waals surface area contributed by atoms with E-state index in [1.807, 2.05) is 0 Å². The number of ether oxygens (including phenoxy) is 1. The lowest BCUT2D eigenvalue weighted by Gasteiger charge is -2.18. The zero-order chi connectivity index (χ0) is 8.36. The molecule has 0 amide bonds. The van der Waals surface area contributed by atoms with Crippen molar-refractivity contribution >= 4 is 5.97 Å². The molecule has 0 atom stereocenters. The maximum absolute atomic E-state index is 10.6. The van der Waals surface area contributed by atoms with Crippen LogP contribution in [0, 0.1) is 0 Å². The third kappa shape index (κ3) is 3.91. The summed E-state index contributed by atoms with van der Waals surface area (Å²) in [5, 5.41) is 0. The predicted octanol–water partition coefficient (Wildman–Crippen LogP) is -0.303. The number of hydrogen-bond acceptors (Lipinski definition) is 4. The van der Waals surface area contributed by atoms with Gasteiger partial charge in [-0.1, -0.05) is 6.58 Å². The van der Waals surface area contributed by atoms with E-state index >= 15 is 0 Å². The molecule has 0 aromatic heterocycles. The van der Waals surface area contributed by atoms with Crippen LogP contribution in [0.15, 0.2) is 12.3 Å². The van der Waals surface area contributed by atoms with Gasteiger partial charge in [-0.15, -0.1) is 0 Å². The van der Waals surface area contributed by atoms with E-state index in [1.165, 1.54) is 0 Å². The zero-order valence-corrected chi connectivity index (χ0v) is 6.18. The van der Waals surface area contributed by atoms with Crippen molar-refractivity contribution in [1.29, 1.82) is 0 Å². The number of nitrogens with two attached hydrogens (primary N) is 2. The molecule has 0 rings (SSSR count). The molecule has 0 radical (unpaired) electrons. The highest BCUT2D eigenvalue weighted by Crippen LogP contribution is 2.00. The second kappa shape index (κ2) is 2.70. The number of rotatable bonds is 2. The minimum atomic E-state index is -0.987. The van der Waals surface area contributed by atoms with Crippen molar-refractivity contribution in [1.82, 2.24) is 0 Å². The third-order valence-corrected chi connectivity index (χ3v) is 0.618. The third-order valence-electron chi connectivity index (χ3n) is 0.618. The molecule has 58 valence electrons. The van der Waals surface area contributed by atoms with Gasteiger partial charge in [0.05, 0.1) is 0 Å². The predicted molar refractivity (Wildman–Crippen MR) is 37.7 cm³/mol. The van der Waals surface area contributed by atoms with Crippen molar-refractivity contribution in [2.24, 2.45) is 11.5 Å². The topological polar surface area (TPSA) is 78.3 Å². The van der Waals surface area contributed by atoms with Crippen LogP contribution in [0.2, 0.25) is 0 Å². The van der Waals surface area contributed by atoms with Gasteiger partial charge in [0.25, 0.3) is 0 Å². The molecule has 0 heterocycles. The van der Waals surface area contributed by atoms with E-state index in [-0.39, 0.29) is 5.70 Å². The van der Waals surface area contributed by atoms with Gasteiger partial charge in [0.15, 0.2) is 5.72 Å². The van der Waals surface area contributed by atoms with Gasteiger partial charge < -0.3 is 10.5 Å². The molecule has 0 aliphatic heterocycles. The van der Waals surface area contributed by atoms with Gasteiger partial charge in [-0.3, -0.25) is 5.73 Å². The summed E-state index contributed by atoms with van der Waals surface area (Å²) in [4.78, 5) is 10.6. The summed E-state index contributed by atoms with van der Waals surface area (Å²) in [7, 11) is 0. The smallest absolute Gasteiger partial charge is 0.355 e. The minimum Gasteiger partial charge on any atom is -0.440 e. The number of hydrogen-bond donors (Lipinski definition) is 2. The van der Waals surface area contributed by atoms with Crippen LogP contribution in [-0.2, 0) is 9.53 Å². The fourth-order valence-corrected chi connectivity index (χ4v) is 0.304. The average Bonchev–Trinajstić information content (AvgIpc) is 1.60. The first-order chi connectivity index (χ1) is 4.33. The zero-order valence-electron chi connectivity index (χ0n) is 6.18. The Morgan fingerprint density at radius 1 is 1.60 bits per heavy atom. The van der Waals surface area contributed by atoms with Crippen LogP contribution in [0.3, 0.4) is 0 Å². The Kier molecular flexibility index (Phi) is 2.42. The monoisotopic (exact) mass is 144 g/mol. The molecule has 0 fully saturated rings. The van der Waals surface area contributed by atoms with Crippen LogP contribution in [0.4, 0.5) is 0 Å². The molecule has 0 saturated carbocycles. The second-order valence-corrected chi connectivity index (χ2v) is 2.52. The molecule has 0 aromatic carbocycles. The van der Waals surface area contributed by atoms with Crippen molar-refractivity contribution < 1.29 is 9.53 Å². The van der Waals surface area contributed by atoms with Gasteiger partial charge in [-0.25, -0.2) is 4.79 Å². The Hall–Kier alpha value is -1.03. The molecular weight excluding hydrogens is 132 g/mol. The second-order valence-electron chi connectivity index (χ2n) is 2.52. The lowest BCUT2D eigenvalue weighted by Crippen LogP contribution is -2.38. The molecule has 4 heteroatoms. The van der Waals surface area contributed by atoms with E-state index < -0.39 is 11.7 Å². The lowest BCUT2D eigenvalue weighted by molar-refractivity contribution is -0.150. The normalized spacial score (nSPS) is 10.7. The van der Waals surface area contributed by atoms with E-state index in [9.17, 15) is 4.79 Å². The van der Waals surface area contributed by atoms with Crippen molar-refractivity contribution in [3.05, 3.63) is 12.3 Å². The summed E-state index contributed by atoms with van der Waals surface area (Å²) in [6, 6.07) is 0. The van der Waals surface area contributed by atoms with E-state index in [0.29, 0.717) is 0 Å². The molecule has 0 spiro atoms. The molecule has 0 bridgehead atoms. The summed E-state index contributed by atoms with van der Waals surface area (Å²) in [5.74, 6) is -0.674. The maximum Gasteiger partial charge on any atom is 0.355 e. The van der Waals surface area contributed by atoms with E-state index in [2.05, 4.69) is 11.3 Å². The van der Waals surface area contributed by atoms with Crippen LogP contribution >= 0.6 is 0 Å². The molecule has 10 heavy (non-hydrogen) atoms. The minimum absolute atomic E-state index is 0.140. The summed E-state index contributed by atoms with van der Waals surface area (Å²) in [6.45, 7) is 6.29. The Balaban J connectivity index is 3.93. The summed E-state index contributed by atoms with van der Waals surface area (Å²) < 4.78 is 4.61. The van der Waals surface area contributed by atoms with Crippen LogP contribution in [0.1, 0.15) is 13.8 Å². The van der Waals surface area contributed by atoms with E-state index in [1.54, 1.807) is 13.8 Å². The lowest BCUT2D eigenvalue weighted by atomic mass is 10.3. The summed E-state index contributed by atoms with van der Waals surface area (Å²) in [5.41, 5.74) is 9.23. The molecular formula is C6H12N2O2. The molecule has 0 aliphatic rings. The van der Waals surface area contributed by atoms with Gasteiger partial charge in [0, 0.05) is 0 Å². The standard InChI is InChI=1S/C6H12N2O2/c1-4(7)5(9)10-6(2,3)8/h1,7-8H2,2-3H3. The van der Waals surface area contributed by atoms with Crippen molar-refractivity contribution in [3.8, 4) is 0 Å². The molecule has 0 aliphatic carbocycles. The first-order valence-corrected chi connectivity index (χ1v) is 2.79. The van der Waals surface area contributed by atoms with Gasteiger partial charge >= 0.3 is 5.97 Å². The Labute approximate surface area is 59.8 Å². The molecule has 0 unspecified atom stereocenters. The Morgan fingerprint density at radius 3 is 2.10 bits per heavy atom. The van der Waals surface area contributed by atoms with Crippen LogP contribution < -0.4 is 11.5 Å². The van der Waals surface area contributed by atoms with Gasteiger partial charge in [-0.2, -0.15) is 0 Å². The van der Waals surface area contributed by atoms with Crippen molar-refractivity contribution in [3.63, 3.8) is 0 Å². The number of carbonyl (C=O) groups is 1. The quantitative estimate of drug-likeness (QED) is 0.317. The highest BCUT2D eigenvalue weighted by molar-refractivity contribution is 5.86. The molecule has 0 saturated heterocycles. The molecule has 4 N–H and O–H groups in total. The highest BCUT2D eigenvalue weighted by Gasteiger charge is 2.16. The van der Waals surface area contributed by atoms with Gasteiger partial charge in [0.1, 0.15) is 5.70 Å². The molecule has 0 aromatic rings. The van der Waals surface area contributed by atoms with Crippen molar-refractivity contribution in [2.45, 2.75) is 19.6 Å². The number of esters is 1. The Bertz CT molecular complexity index is 158. The first-order valence-electron chi connectivity index (χ1n) is 2.79. The maximum atomic E-state index is 10.6. The fraction of sp³-hybridized carbons (Fsp3) is 0.500. The van der Waals surface area contributed by atoms with Gasteiger partial charge in [0.2, 0.25) is 0 Å². The summed E-state index contributed by atoms with van der Waals surface area (Å²) >= 11 is 0.